The number of aryl methyl sites for hydroxylation is 1. The summed E-state index contributed by atoms with van der Waals surface area (Å²) in [5.74, 6) is -1.05. The molecule has 1 aliphatic rings. The third-order valence-corrected chi connectivity index (χ3v) is 6.96. The van der Waals surface area contributed by atoms with Crippen molar-refractivity contribution in [3.05, 3.63) is 83.3 Å². The van der Waals surface area contributed by atoms with Gasteiger partial charge in [-0.2, -0.15) is 0 Å². The number of carbonyl (C=O) groups excluding carboxylic acids is 1. The van der Waals surface area contributed by atoms with Crippen LogP contribution in [0.4, 0.5) is 4.39 Å². The summed E-state index contributed by atoms with van der Waals surface area (Å²) in [6.07, 6.45) is 2.97. The highest BCUT2D eigenvalue weighted by Crippen LogP contribution is 2.30. The third kappa shape index (κ3) is 3.63. The predicted octanol–water partition coefficient (Wildman–Crippen LogP) is 4.16. The molecule has 0 fully saturated rings. The minimum absolute atomic E-state index is 0.0554. The highest BCUT2D eigenvalue weighted by Gasteiger charge is 2.27. The van der Waals surface area contributed by atoms with Crippen molar-refractivity contribution in [3.63, 3.8) is 0 Å². The van der Waals surface area contributed by atoms with Crippen LogP contribution in [0.2, 0.25) is 0 Å². The first-order valence-electron chi connectivity index (χ1n) is 9.62. The van der Waals surface area contributed by atoms with Crippen LogP contribution in [0.15, 0.2) is 71.4 Å². The Kier molecular flexibility index (Phi) is 5.18. The Labute approximate surface area is 179 Å². The second-order valence-corrected chi connectivity index (χ2v) is 9.16. The lowest BCUT2D eigenvalue weighted by atomic mass is 10.1. The zero-order valence-corrected chi connectivity index (χ0v) is 18.0. The van der Waals surface area contributed by atoms with Crippen molar-refractivity contribution < 1.29 is 22.3 Å². The number of hydrogen-bond acceptors (Lipinski definition) is 5. The fraction of sp³-hybridized carbons (Fsp3) is 0.174. The van der Waals surface area contributed by atoms with E-state index < -0.39 is 22.0 Å². The Hall–Kier alpha value is -3.39. The van der Waals surface area contributed by atoms with E-state index in [-0.39, 0.29) is 16.4 Å². The summed E-state index contributed by atoms with van der Waals surface area (Å²) in [6.45, 7) is 3.55. The first-order valence-corrected chi connectivity index (χ1v) is 11.1. The van der Waals surface area contributed by atoms with Crippen LogP contribution in [-0.4, -0.2) is 31.5 Å². The molecule has 0 aliphatic carbocycles. The van der Waals surface area contributed by atoms with Crippen LogP contribution in [-0.2, 0) is 14.8 Å². The molecule has 1 atom stereocenters. The standard InChI is InChI=1S/C23H21FN2O4S/c1-14-4-8-18(9-5-14)31(28,29)26-21-12-16(20-11-10-19(24)15(2)25-20)6-7-17(21)13-22(26)23(27)30-3/h4-13,15,25H,1-3H3. The Morgan fingerprint density at radius 2 is 1.81 bits per heavy atom. The van der Waals surface area contributed by atoms with Crippen LogP contribution in [0.1, 0.15) is 28.5 Å². The van der Waals surface area contributed by atoms with Crippen LogP contribution < -0.4 is 5.32 Å². The van der Waals surface area contributed by atoms with Crippen molar-refractivity contribution in [2.75, 3.05) is 7.11 Å². The van der Waals surface area contributed by atoms with Gasteiger partial charge in [0, 0.05) is 11.1 Å². The van der Waals surface area contributed by atoms with Gasteiger partial charge in [-0.15, -0.1) is 0 Å². The fourth-order valence-corrected chi connectivity index (χ4v) is 5.00. The molecule has 160 valence electrons. The van der Waals surface area contributed by atoms with Gasteiger partial charge in [-0.3, -0.25) is 0 Å². The monoisotopic (exact) mass is 440 g/mol. The highest BCUT2D eigenvalue weighted by molar-refractivity contribution is 7.90. The molecule has 0 saturated heterocycles. The Balaban J connectivity index is 1.96. The molecule has 1 aliphatic heterocycles. The van der Waals surface area contributed by atoms with Crippen molar-refractivity contribution in [2.24, 2.45) is 0 Å². The van der Waals surface area contributed by atoms with Crippen LogP contribution in [0, 0.1) is 6.92 Å². The number of benzene rings is 2. The molecule has 0 saturated carbocycles. The van der Waals surface area contributed by atoms with Crippen molar-refractivity contribution in [2.45, 2.75) is 24.8 Å². The van der Waals surface area contributed by atoms with E-state index in [1.54, 1.807) is 43.3 Å². The summed E-state index contributed by atoms with van der Waals surface area (Å²) in [5, 5.41) is 3.61. The number of nitrogens with one attached hydrogen (secondary N) is 1. The topological polar surface area (TPSA) is 77.4 Å². The SMILES string of the molecule is COC(=O)c1cc2ccc(C3=CC=C(F)C(C)N3)cc2n1S(=O)(=O)c1ccc(C)cc1. The molecule has 1 unspecified atom stereocenters. The van der Waals surface area contributed by atoms with Gasteiger partial charge < -0.3 is 10.1 Å². The zero-order valence-electron chi connectivity index (χ0n) is 17.2. The smallest absolute Gasteiger partial charge is 0.355 e. The molecule has 3 aromatic rings. The minimum atomic E-state index is -4.09. The van der Waals surface area contributed by atoms with Crippen molar-refractivity contribution >= 4 is 32.6 Å². The largest absolute Gasteiger partial charge is 0.464 e. The Bertz CT molecular complexity index is 1350. The minimum Gasteiger partial charge on any atom is -0.464 e. The van der Waals surface area contributed by atoms with Gasteiger partial charge >= 0.3 is 5.97 Å². The van der Waals surface area contributed by atoms with Crippen molar-refractivity contribution in [1.29, 1.82) is 0 Å². The molecule has 2 aromatic carbocycles. The van der Waals surface area contributed by atoms with E-state index >= 15 is 0 Å². The Morgan fingerprint density at radius 3 is 2.45 bits per heavy atom. The van der Waals surface area contributed by atoms with Gasteiger partial charge in [0.15, 0.2) is 0 Å². The second-order valence-electron chi connectivity index (χ2n) is 7.38. The summed E-state index contributed by atoms with van der Waals surface area (Å²) in [7, 11) is -2.89. The molecule has 8 heteroatoms. The van der Waals surface area contributed by atoms with Gasteiger partial charge in [0.05, 0.1) is 23.6 Å². The van der Waals surface area contributed by atoms with E-state index in [0.29, 0.717) is 22.2 Å². The Morgan fingerprint density at radius 1 is 1.10 bits per heavy atom. The predicted molar refractivity (Wildman–Crippen MR) is 117 cm³/mol. The van der Waals surface area contributed by atoms with Gasteiger partial charge in [-0.05, 0) is 55.8 Å². The number of hydrogen-bond donors (Lipinski definition) is 1. The van der Waals surface area contributed by atoms with E-state index in [1.807, 2.05) is 6.92 Å². The molecule has 0 amide bonds. The maximum Gasteiger partial charge on any atom is 0.355 e. The van der Waals surface area contributed by atoms with Gasteiger partial charge in [-0.1, -0.05) is 29.8 Å². The van der Waals surface area contributed by atoms with Gasteiger partial charge in [0.25, 0.3) is 10.0 Å². The van der Waals surface area contributed by atoms with E-state index in [9.17, 15) is 17.6 Å². The van der Waals surface area contributed by atoms with Crippen molar-refractivity contribution in [3.8, 4) is 0 Å². The lowest BCUT2D eigenvalue weighted by molar-refractivity contribution is 0.0593. The van der Waals surface area contributed by atoms with E-state index in [1.165, 1.54) is 31.4 Å². The number of ether oxygens (including phenoxy) is 1. The first-order chi connectivity index (χ1) is 14.7. The molecule has 1 aromatic heterocycles. The molecule has 1 N–H and O–H groups in total. The number of fused-ring (bicyclic) bond motifs is 1. The second kappa shape index (κ2) is 7.70. The number of rotatable bonds is 4. The number of carbonyl (C=O) groups is 1. The lowest BCUT2D eigenvalue weighted by Crippen LogP contribution is -2.27. The maximum absolute atomic E-state index is 13.7. The fourth-order valence-electron chi connectivity index (χ4n) is 3.50. The summed E-state index contributed by atoms with van der Waals surface area (Å²) >= 11 is 0. The molecule has 0 bridgehead atoms. The summed E-state index contributed by atoms with van der Waals surface area (Å²) in [4.78, 5) is 12.5. The number of aromatic nitrogens is 1. The molecule has 0 spiro atoms. The van der Waals surface area contributed by atoms with E-state index in [2.05, 4.69) is 5.32 Å². The molecule has 6 nitrogen and oxygen atoms in total. The number of halogens is 1. The molecule has 4 rings (SSSR count). The number of nitrogens with zero attached hydrogens (tertiary/aromatic N) is 1. The lowest BCUT2D eigenvalue weighted by Gasteiger charge is -2.20. The zero-order chi connectivity index (χ0) is 22.3. The molecular formula is C23H21FN2O4S. The maximum atomic E-state index is 13.7. The van der Waals surface area contributed by atoms with E-state index in [4.69, 9.17) is 4.74 Å². The third-order valence-electron chi connectivity index (χ3n) is 5.22. The molecular weight excluding hydrogens is 419 g/mol. The number of methoxy groups -OCH3 is 1. The van der Waals surface area contributed by atoms with E-state index in [0.717, 1.165) is 9.54 Å². The molecule has 0 radical (unpaired) electrons. The number of allylic oxidation sites excluding steroid dienone is 2. The average Bonchev–Trinajstić information content (AvgIpc) is 3.15. The van der Waals surface area contributed by atoms with Crippen molar-refractivity contribution in [1.82, 2.24) is 9.29 Å². The summed E-state index contributed by atoms with van der Waals surface area (Å²) in [6, 6.07) is 12.6. The first kappa shape index (κ1) is 20.9. The van der Waals surface area contributed by atoms with Gasteiger partial charge in [-0.25, -0.2) is 21.6 Å². The highest BCUT2D eigenvalue weighted by atomic mass is 32.2. The normalized spacial score (nSPS) is 16.5. The van der Waals surface area contributed by atoms with Gasteiger partial charge in [0.2, 0.25) is 0 Å². The van der Waals surface area contributed by atoms with Crippen LogP contribution in [0.25, 0.3) is 16.6 Å². The number of dihydropyridines is 1. The summed E-state index contributed by atoms with van der Waals surface area (Å²) in [5.41, 5.74) is 2.45. The number of esters is 1. The van der Waals surface area contributed by atoms with Gasteiger partial charge in [0.1, 0.15) is 11.5 Å². The average molecular weight is 440 g/mol. The van der Waals surface area contributed by atoms with Crippen LogP contribution >= 0.6 is 0 Å². The molecule has 31 heavy (non-hydrogen) atoms. The quantitative estimate of drug-likeness (QED) is 0.617. The summed E-state index contributed by atoms with van der Waals surface area (Å²) < 4.78 is 46.6. The van der Waals surface area contributed by atoms with Crippen LogP contribution in [0.5, 0.6) is 0 Å². The van der Waals surface area contributed by atoms with Crippen LogP contribution in [0.3, 0.4) is 0 Å². The molecule has 2 heterocycles.